The number of hydrogen-bond donors (Lipinski definition) is 1. The van der Waals surface area contributed by atoms with Gasteiger partial charge in [0, 0.05) is 10.7 Å². The van der Waals surface area contributed by atoms with Crippen molar-refractivity contribution in [2.24, 2.45) is 0 Å². The molecule has 0 saturated carbocycles. The number of nitrogens with one attached hydrogen (secondary N) is 1. The van der Waals surface area contributed by atoms with Crippen LogP contribution in [0.25, 0.3) is 0 Å². The summed E-state index contributed by atoms with van der Waals surface area (Å²) in [7, 11) is -2.52. The molecule has 0 aromatic heterocycles. The first-order valence-corrected chi connectivity index (χ1v) is 11.3. The van der Waals surface area contributed by atoms with Crippen LogP contribution in [0.1, 0.15) is 11.1 Å². The van der Waals surface area contributed by atoms with E-state index in [4.69, 9.17) is 16.3 Å². The zero-order chi connectivity index (χ0) is 22.6. The lowest BCUT2D eigenvalue weighted by Gasteiger charge is -2.24. The predicted molar refractivity (Wildman–Crippen MR) is 124 cm³/mol. The summed E-state index contributed by atoms with van der Waals surface area (Å²) in [6.07, 6.45) is 0. The van der Waals surface area contributed by atoms with E-state index in [0.717, 1.165) is 15.4 Å². The van der Waals surface area contributed by atoms with Gasteiger partial charge in [-0.1, -0.05) is 23.7 Å². The molecule has 0 aliphatic carbocycles. The number of carbonyl (C=O) groups is 1. The van der Waals surface area contributed by atoms with Gasteiger partial charge in [0.1, 0.15) is 12.3 Å². The summed E-state index contributed by atoms with van der Waals surface area (Å²) in [5, 5.41) is 3.28. The molecule has 0 heterocycles. The van der Waals surface area contributed by atoms with Crippen LogP contribution < -0.4 is 14.4 Å². The smallest absolute Gasteiger partial charge is 0.264 e. The molecule has 8 heteroatoms. The van der Waals surface area contributed by atoms with Crippen molar-refractivity contribution in [3.8, 4) is 5.75 Å². The number of aryl methyl sites for hydroxylation is 2. The molecule has 3 aromatic rings. The Morgan fingerprint density at radius 1 is 1.00 bits per heavy atom. The number of ether oxygens (including phenoxy) is 1. The Balaban J connectivity index is 1.95. The maximum Gasteiger partial charge on any atom is 0.264 e. The van der Waals surface area contributed by atoms with Gasteiger partial charge in [-0.25, -0.2) is 8.42 Å². The summed E-state index contributed by atoms with van der Waals surface area (Å²) in [6, 6.07) is 18.0. The highest BCUT2D eigenvalue weighted by Crippen LogP contribution is 2.27. The molecule has 3 aromatic carbocycles. The summed E-state index contributed by atoms with van der Waals surface area (Å²) < 4.78 is 33.0. The summed E-state index contributed by atoms with van der Waals surface area (Å²) in [5.41, 5.74) is 2.84. The number of amides is 1. The molecule has 0 spiro atoms. The van der Waals surface area contributed by atoms with E-state index in [-0.39, 0.29) is 4.90 Å². The lowest BCUT2D eigenvalue weighted by Crippen LogP contribution is -2.38. The van der Waals surface area contributed by atoms with Crippen molar-refractivity contribution in [2.75, 3.05) is 23.3 Å². The van der Waals surface area contributed by atoms with Crippen molar-refractivity contribution in [3.63, 3.8) is 0 Å². The second-order valence-electron chi connectivity index (χ2n) is 7.03. The molecule has 0 saturated heterocycles. The van der Waals surface area contributed by atoms with E-state index in [2.05, 4.69) is 5.32 Å². The van der Waals surface area contributed by atoms with Crippen molar-refractivity contribution in [1.29, 1.82) is 0 Å². The minimum atomic E-state index is -4.02. The first-order chi connectivity index (χ1) is 14.7. The monoisotopic (exact) mass is 458 g/mol. The van der Waals surface area contributed by atoms with Crippen molar-refractivity contribution in [3.05, 3.63) is 82.9 Å². The van der Waals surface area contributed by atoms with Gasteiger partial charge in [0.15, 0.2) is 0 Å². The zero-order valence-electron chi connectivity index (χ0n) is 17.4. The van der Waals surface area contributed by atoms with E-state index in [1.54, 1.807) is 36.4 Å². The molecule has 0 radical (unpaired) electrons. The fourth-order valence-electron chi connectivity index (χ4n) is 2.99. The van der Waals surface area contributed by atoms with Crippen molar-refractivity contribution >= 4 is 38.9 Å². The highest BCUT2D eigenvalue weighted by Gasteiger charge is 2.27. The molecule has 6 nitrogen and oxygen atoms in total. The van der Waals surface area contributed by atoms with Gasteiger partial charge >= 0.3 is 0 Å². The number of anilines is 2. The van der Waals surface area contributed by atoms with E-state index in [0.29, 0.717) is 22.1 Å². The Labute approximate surface area is 187 Å². The van der Waals surface area contributed by atoms with E-state index < -0.39 is 22.5 Å². The van der Waals surface area contributed by atoms with Crippen LogP contribution in [0, 0.1) is 13.8 Å². The molecule has 0 bridgehead atoms. The van der Waals surface area contributed by atoms with Crippen molar-refractivity contribution < 1.29 is 17.9 Å². The summed E-state index contributed by atoms with van der Waals surface area (Å²) in [4.78, 5) is 12.9. The highest BCUT2D eigenvalue weighted by molar-refractivity contribution is 7.92. The molecule has 0 unspecified atom stereocenters. The normalized spacial score (nSPS) is 11.1. The quantitative estimate of drug-likeness (QED) is 0.551. The SMILES string of the molecule is COc1ccc(S(=O)(=O)N(CC(=O)Nc2cc(C)ccc2C)c2ccc(Cl)cc2)cc1. The molecule has 0 aliphatic rings. The Morgan fingerprint density at radius 2 is 1.65 bits per heavy atom. The van der Waals surface area contributed by atoms with Gasteiger partial charge in [-0.15, -0.1) is 0 Å². The van der Waals surface area contributed by atoms with Gasteiger partial charge in [-0.2, -0.15) is 0 Å². The average molecular weight is 459 g/mol. The van der Waals surface area contributed by atoms with Crippen LogP contribution in [0.3, 0.4) is 0 Å². The van der Waals surface area contributed by atoms with Gasteiger partial charge in [0.2, 0.25) is 5.91 Å². The van der Waals surface area contributed by atoms with Crippen molar-refractivity contribution in [2.45, 2.75) is 18.7 Å². The maximum atomic E-state index is 13.4. The number of sulfonamides is 1. The number of methoxy groups -OCH3 is 1. The standard InChI is InChI=1S/C23H23ClN2O4S/c1-16-4-5-17(2)22(14-16)25-23(27)15-26(19-8-6-18(24)7-9-19)31(28,29)21-12-10-20(30-3)11-13-21/h4-14H,15H2,1-3H3,(H,25,27). The number of hydrogen-bond acceptors (Lipinski definition) is 4. The largest absolute Gasteiger partial charge is 0.497 e. The second-order valence-corrected chi connectivity index (χ2v) is 9.33. The summed E-state index contributed by atoms with van der Waals surface area (Å²) >= 11 is 5.97. The number of carbonyl (C=O) groups excluding carboxylic acids is 1. The predicted octanol–water partition coefficient (Wildman–Crippen LogP) is 4.80. The van der Waals surface area contributed by atoms with E-state index in [1.807, 2.05) is 32.0 Å². The van der Waals surface area contributed by atoms with Gasteiger partial charge in [0.25, 0.3) is 10.0 Å². The number of halogens is 1. The molecule has 1 N–H and O–H groups in total. The lowest BCUT2D eigenvalue weighted by atomic mass is 10.1. The zero-order valence-corrected chi connectivity index (χ0v) is 19.0. The van der Waals surface area contributed by atoms with Crippen LogP contribution in [0.4, 0.5) is 11.4 Å². The van der Waals surface area contributed by atoms with E-state index in [9.17, 15) is 13.2 Å². The average Bonchev–Trinajstić information content (AvgIpc) is 2.75. The Kier molecular flexibility index (Phi) is 6.87. The molecule has 1 amide bonds. The summed E-state index contributed by atoms with van der Waals surface area (Å²) in [6.45, 7) is 3.40. The minimum absolute atomic E-state index is 0.0442. The van der Waals surface area contributed by atoms with Crippen LogP contribution in [-0.2, 0) is 14.8 Å². The molecule has 31 heavy (non-hydrogen) atoms. The molecular formula is C23H23ClN2O4S. The maximum absolute atomic E-state index is 13.4. The van der Waals surface area contributed by atoms with Crippen molar-refractivity contribution in [1.82, 2.24) is 0 Å². The summed E-state index contributed by atoms with van der Waals surface area (Å²) in [5.74, 6) is 0.0744. The Morgan fingerprint density at radius 3 is 2.26 bits per heavy atom. The van der Waals surface area contributed by atoms with E-state index >= 15 is 0 Å². The molecule has 0 fully saturated rings. The third-order valence-corrected chi connectivity index (χ3v) is 6.76. The fourth-order valence-corrected chi connectivity index (χ4v) is 4.53. The molecular weight excluding hydrogens is 436 g/mol. The Hall–Kier alpha value is -3.03. The first-order valence-electron chi connectivity index (χ1n) is 9.50. The number of nitrogens with zero attached hydrogens (tertiary/aromatic N) is 1. The van der Waals surface area contributed by atoms with Gasteiger partial charge in [0.05, 0.1) is 17.7 Å². The van der Waals surface area contributed by atoms with E-state index in [1.165, 1.54) is 19.2 Å². The molecule has 3 rings (SSSR count). The number of rotatable bonds is 7. The lowest BCUT2D eigenvalue weighted by molar-refractivity contribution is -0.114. The van der Waals surface area contributed by atoms with Gasteiger partial charge in [-0.3, -0.25) is 9.10 Å². The van der Waals surface area contributed by atoms with Crippen LogP contribution in [0.2, 0.25) is 5.02 Å². The third-order valence-electron chi connectivity index (χ3n) is 4.72. The second kappa shape index (κ2) is 9.41. The molecule has 0 atom stereocenters. The molecule has 0 aliphatic heterocycles. The van der Waals surface area contributed by atoms with Crippen LogP contribution in [0.5, 0.6) is 5.75 Å². The van der Waals surface area contributed by atoms with Crippen LogP contribution in [0.15, 0.2) is 71.6 Å². The number of benzene rings is 3. The topological polar surface area (TPSA) is 75.7 Å². The van der Waals surface area contributed by atoms with Crippen LogP contribution in [-0.4, -0.2) is 28.0 Å². The highest BCUT2D eigenvalue weighted by atomic mass is 35.5. The first kappa shape index (κ1) is 22.7. The Bertz CT molecular complexity index is 1180. The van der Waals surface area contributed by atoms with Gasteiger partial charge in [-0.05, 0) is 79.6 Å². The third kappa shape index (κ3) is 5.37. The molecule has 162 valence electrons. The van der Waals surface area contributed by atoms with Gasteiger partial charge < -0.3 is 10.1 Å². The van der Waals surface area contributed by atoms with Crippen LogP contribution >= 0.6 is 11.6 Å². The fraction of sp³-hybridized carbons (Fsp3) is 0.174. The minimum Gasteiger partial charge on any atom is -0.497 e.